The number of hydrogen-bond donors (Lipinski definition) is 1. The fraction of sp³-hybridized carbons (Fsp3) is 0.562. The molecule has 4 heteroatoms. The third-order valence-corrected chi connectivity index (χ3v) is 5.50. The number of ether oxygens (including phenoxy) is 1. The van der Waals surface area contributed by atoms with Gasteiger partial charge in [0.05, 0.1) is 13.5 Å². The molecule has 0 heterocycles. The van der Waals surface area contributed by atoms with E-state index in [-0.39, 0.29) is 11.4 Å². The Morgan fingerprint density at radius 2 is 2.15 bits per heavy atom. The van der Waals surface area contributed by atoms with Crippen molar-refractivity contribution in [3.63, 3.8) is 0 Å². The molecular weight excluding hydrogens is 270 g/mol. The quantitative estimate of drug-likeness (QED) is 0.617. The standard InChI is InChI=1S/C16H23NO2S/c1-12(17-2)13-6-4-5-7-14(13)20-11-16(8-9-16)10-15(18)19-3/h4-7,12,17H,8-11H2,1-3H3. The Balaban J connectivity index is 1.99. The van der Waals surface area contributed by atoms with Crippen LogP contribution >= 0.6 is 11.8 Å². The average molecular weight is 293 g/mol. The molecule has 1 aromatic rings. The summed E-state index contributed by atoms with van der Waals surface area (Å²) in [4.78, 5) is 12.8. The molecule has 0 amide bonds. The molecule has 1 aromatic carbocycles. The molecule has 1 atom stereocenters. The van der Waals surface area contributed by atoms with Crippen LogP contribution in [0.2, 0.25) is 0 Å². The predicted octanol–water partition coefficient (Wildman–Crippen LogP) is 3.40. The highest BCUT2D eigenvalue weighted by molar-refractivity contribution is 7.99. The van der Waals surface area contributed by atoms with Gasteiger partial charge in [-0.3, -0.25) is 4.79 Å². The van der Waals surface area contributed by atoms with Gasteiger partial charge in [-0.2, -0.15) is 0 Å². The van der Waals surface area contributed by atoms with E-state index in [0.29, 0.717) is 12.5 Å². The summed E-state index contributed by atoms with van der Waals surface area (Å²) in [5.74, 6) is 0.912. The van der Waals surface area contributed by atoms with E-state index in [1.54, 1.807) is 0 Å². The van der Waals surface area contributed by atoms with Crippen LogP contribution in [-0.4, -0.2) is 25.9 Å². The minimum absolute atomic E-state index is 0.0834. The molecule has 1 saturated carbocycles. The minimum Gasteiger partial charge on any atom is -0.469 e. The largest absolute Gasteiger partial charge is 0.469 e. The second-order valence-electron chi connectivity index (χ2n) is 5.59. The Bertz CT molecular complexity index is 471. The summed E-state index contributed by atoms with van der Waals surface area (Å²) in [5, 5.41) is 3.29. The molecule has 110 valence electrons. The van der Waals surface area contributed by atoms with Crippen molar-refractivity contribution < 1.29 is 9.53 Å². The molecule has 0 radical (unpaired) electrons. The fourth-order valence-corrected chi connectivity index (χ4v) is 3.72. The maximum atomic E-state index is 11.5. The molecular formula is C16H23NO2S. The molecule has 1 aliphatic rings. The number of esters is 1. The van der Waals surface area contributed by atoms with Gasteiger partial charge in [0, 0.05) is 16.7 Å². The van der Waals surface area contributed by atoms with Crippen molar-refractivity contribution in [3.8, 4) is 0 Å². The minimum atomic E-state index is -0.0834. The summed E-state index contributed by atoms with van der Waals surface area (Å²) in [7, 11) is 3.45. The Labute approximate surface area is 125 Å². The smallest absolute Gasteiger partial charge is 0.306 e. The first-order valence-electron chi connectivity index (χ1n) is 7.06. The number of rotatable bonds is 7. The normalized spacial score (nSPS) is 17.6. The predicted molar refractivity (Wildman–Crippen MR) is 82.9 cm³/mol. The second-order valence-corrected chi connectivity index (χ2v) is 6.61. The number of methoxy groups -OCH3 is 1. The average Bonchev–Trinajstić information content (AvgIpc) is 3.24. The zero-order valence-corrected chi connectivity index (χ0v) is 13.3. The zero-order chi connectivity index (χ0) is 14.6. The second kappa shape index (κ2) is 6.64. The van der Waals surface area contributed by atoms with Gasteiger partial charge in [-0.05, 0) is 43.9 Å². The van der Waals surface area contributed by atoms with Gasteiger partial charge in [-0.25, -0.2) is 0 Å². The van der Waals surface area contributed by atoms with E-state index in [1.165, 1.54) is 17.6 Å². The Morgan fingerprint density at radius 3 is 2.75 bits per heavy atom. The molecule has 1 unspecified atom stereocenters. The van der Waals surface area contributed by atoms with Gasteiger partial charge in [-0.15, -0.1) is 11.8 Å². The number of hydrogen-bond acceptors (Lipinski definition) is 4. The Hall–Kier alpha value is -1.00. The summed E-state index contributed by atoms with van der Waals surface area (Å²) in [6, 6.07) is 8.84. The first-order valence-corrected chi connectivity index (χ1v) is 8.04. The van der Waals surface area contributed by atoms with Crippen LogP contribution in [0.25, 0.3) is 0 Å². The monoisotopic (exact) mass is 293 g/mol. The van der Waals surface area contributed by atoms with E-state index in [2.05, 4.69) is 36.5 Å². The first kappa shape index (κ1) is 15.4. The summed E-state index contributed by atoms with van der Waals surface area (Å²) in [6.07, 6.45) is 2.83. The summed E-state index contributed by atoms with van der Waals surface area (Å²) in [5.41, 5.74) is 1.50. The third kappa shape index (κ3) is 3.76. The van der Waals surface area contributed by atoms with Crippen LogP contribution in [0.4, 0.5) is 0 Å². The molecule has 1 aliphatic carbocycles. The van der Waals surface area contributed by atoms with Crippen LogP contribution in [0.1, 0.15) is 37.8 Å². The van der Waals surface area contributed by atoms with E-state index < -0.39 is 0 Å². The SMILES string of the molecule is CNC(C)c1ccccc1SCC1(CC(=O)OC)CC1. The topological polar surface area (TPSA) is 38.3 Å². The van der Waals surface area contributed by atoms with Gasteiger partial charge in [0.15, 0.2) is 0 Å². The summed E-state index contributed by atoms with van der Waals surface area (Å²) >= 11 is 1.86. The van der Waals surface area contributed by atoms with E-state index in [9.17, 15) is 4.79 Å². The highest BCUT2D eigenvalue weighted by Crippen LogP contribution is 2.52. The Morgan fingerprint density at radius 1 is 1.45 bits per heavy atom. The van der Waals surface area contributed by atoms with Crippen LogP contribution in [0, 0.1) is 5.41 Å². The van der Waals surface area contributed by atoms with Gasteiger partial charge in [-0.1, -0.05) is 18.2 Å². The molecule has 0 aromatic heterocycles. The van der Waals surface area contributed by atoms with Gasteiger partial charge in [0.2, 0.25) is 0 Å². The van der Waals surface area contributed by atoms with E-state index in [1.807, 2.05) is 18.8 Å². The maximum Gasteiger partial charge on any atom is 0.306 e. The van der Waals surface area contributed by atoms with Crippen molar-refractivity contribution in [2.45, 2.75) is 37.1 Å². The zero-order valence-electron chi connectivity index (χ0n) is 12.4. The molecule has 1 fully saturated rings. The molecule has 20 heavy (non-hydrogen) atoms. The van der Waals surface area contributed by atoms with Crippen molar-refractivity contribution in [2.75, 3.05) is 19.9 Å². The molecule has 2 rings (SSSR count). The van der Waals surface area contributed by atoms with Crippen LogP contribution < -0.4 is 5.32 Å². The molecule has 0 bridgehead atoms. The number of thioether (sulfide) groups is 1. The van der Waals surface area contributed by atoms with Crippen molar-refractivity contribution in [3.05, 3.63) is 29.8 Å². The van der Waals surface area contributed by atoms with Crippen LogP contribution in [0.15, 0.2) is 29.2 Å². The lowest BCUT2D eigenvalue weighted by Gasteiger charge is -2.18. The molecule has 1 N–H and O–H groups in total. The van der Waals surface area contributed by atoms with E-state index in [4.69, 9.17) is 4.74 Å². The number of carbonyl (C=O) groups is 1. The van der Waals surface area contributed by atoms with Crippen LogP contribution in [-0.2, 0) is 9.53 Å². The first-order chi connectivity index (χ1) is 9.60. The van der Waals surface area contributed by atoms with Crippen molar-refractivity contribution in [2.24, 2.45) is 5.41 Å². The third-order valence-electron chi connectivity index (χ3n) is 4.06. The maximum absolute atomic E-state index is 11.5. The van der Waals surface area contributed by atoms with E-state index in [0.717, 1.165) is 18.6 Å². The lowest BCUT2D eigenvalue weighted by molar-refractivity contribution is -0.141. The summed E-state index contributed by atoms with van der Waals surface area (Å²) < 4.78 is 4.80. The van der Waals surface area contributed by atoms with Gasteiger partial charge < -0.3 is 10.1 Å². The molecule has 0 saturated heterocycles. The van der Waals surface area contributed by atoms with Crippen molar-refractivity contribution in [1.82, 2.24) is 5.32 Å². The fourth-order valence-electron chi connectivity index (χ4n) is 2.28. The van der Waals surface area contributed by atoms with Crippen molar-refractivity contribution >= 4 is 17.7 Å². The molecule has 0 aliphatic heterocycles. The van der Waals surface area contributed by atoms with E-state index >= 15 is 0 Å². The summed E-state index contributed by atoms with van der Waals surface area (Å²) in [6.45, 7) is 2.17. The van der Waals surface area contributed by atoms with Crippen molar-refractivity contribution in [1.29, 1.82) is 0 Å². The highest BCUT2D eigenvalue weighted by Gasteiger charge is 2.44. The number of carbonyl (C=O) groups excluding carboxylic acids is 1. The highest BCUT2D eigenvalue weighted by atomic mass is 32.2. The van der Waals surface area contributed by atoms with Crippen LogP contribution in [0.5, 0.6) is 0 Å². The number of benzene rings is 1. The Kier molecular flexibility index (Phi) is 5.11. The van der Waals surface area contributed by atoms with Gasteiger partial charge in [0.25, 0.3) is 0 Å². The lowest BCUT2D eigenvalue weighted by Crippen LogP contribution is -2.15. The molecule has 3 nitrogen and oxygen atoms in total. The van der Waals surface area contributed by atoms with Gasteiger partial charge in [0.1, 0.15) is 0 Å². The number of nitrogens with one attached hydrogen (secondary N) is 1. The lowest BCUT2D eigenvalue weighted by atomic mass is 10.1. The molecule has 0 spiro atoms. The van der Waals surface area contributed by atoms with Crippen LogP contribution in [0.3, 0.4) is 0 Å². The van der Waals surface area contributed by atoms with Gasteiger partial charge >= 0.3 is 5.97 Å².